The van der Waals surface area contributed by atoms with Crippen molar-refractivity contribution < 1.29 is 14.3 Å². The van der Waals surface area contributed by atoms with Crippen LogP contribution < -0.4 is 11.1 Å². The quantitative estimate of drug-likeness (QED) is 0.768. The summed E-state index contributed by atoms with van der Waals surface area (Å²) in [5.41, 5.74) is 4.59. The molecule has 0 radical (unpaired) electrons. The van der Waals surface area contributed by atoms with Gasteiger partial charge in [-0.2, -0.15) is 0 Å². The molecule has 0 spiro atoms. The summed E-state index contributed by atoms with van der Waals surface area (Å²) in [6, 6.07) is 0. The van der Waals surface area contributed by atoms with Crippen LogP contribution in [0.4, 0.5) is 0 Å². The fraction of sp³-hybridized carbons (Fsp3) is 0.846. The minimum absolute atomic E-state index is 0.00278. The standard InChI is InChI=1S/C13H24N2O3/c1-4-10-7-9(5-6-18-10)12(17)15-13(2,3)8-11(14)16/h9-10H,4-8H2,1-3H3,(H2,14,16)(H,15,17)/t9-,10-/m0/s1. The van der Waals surface area contributed by atoms with E-state index in [0.717, 1.165) is 19.3 Å². The van der Waals surface area contributed by atoms with Gasteiger partial charge in [0.15, 0.2) is 0 Å². The maximum Gasteiger partial charge on any atom is 0.223 e. The van der Waals surface area contributed by atoms with Gasteiger partial charge in [0, 0.05) is 24.5 Å². The van der Waals surface area contributed by atoms with E-state index < -0.39 is 11.4 Å². The predicted molar refractivity (Wildman–Crippen MR) is 68.8 cm³/mol. The first kappa shape index (κ1) is 15.0. The molecule has 104 valence electrons. The fourth-order valence-corrected chi connectivity index (χ4v) is 2.32. The number of ether oxygens (including phenoxy) is 1. The lowest BCUT2D eigenvalue weighted by Crippen LogP contribution is -2.49. The molecule has 0 aromatic rings. The van der Waals surface area contributed by atoms with Gasteiger partial charge in [-0.3, -0.25) is 9.59 Å². The van der Waals surface area contributed by atoms with Gasteiger partial charge in [-0.15, -0.1) is 0 Å². The largest absolute Gasteiger partial charge is 0.378 e. The molecule has 2 amide bonds. The molecule has 5 nitrogen and oxygen atoms in total. The number of rotatable bonds is 5. The summed E-state index contributed by atoms with van der Waals surface area (Å²) < 4.78 is 5.55. The summed E-state index contributed by atoms with van der Waals surface area (Å²) in [7, 11) is 0. The van der Waals surface area contributed by atoms with Gasteiger partial charge in [0.05, 0.1) is 6.10 Å². The Morgan fingerprint density at radius 3 is 2.67 bits per heavy atom. The van der Waals surface area contributed by atoms with E-state index in [1.807, 2.05) is 13.8 Å². The lowest BCUT2D eigenvalue weighted by molar-refractivity contribution is -0.132. The molecule has 0 saturated carbocycles. The van der Waals surface area contributed by atoms with Crippen molar-refractivity contribution in [3.63, 3.8) is 0 Å². The predicted octanol–water partition coefficient (Wildman–Crippen LogP) is 0.962. The van der Waals surface area contributed by atoms with E-state index in [1.54, 1.807) is 0 Å². The number of nitrogens with one attached hydrogen (secondary N) is 1. The molecule has 1 fully saturated rings. The summed E-state index contributed by atoms with van der Waals surface area (Å²) in [6.45, 7) is 6.31. The topological polar surface area (TPSA) is 81.4 Å². The zero-order valence-electron chi connectivity index (χ0n) is 11.5. The fourth-order valence-electron chi connectivity index (χ4n) is 2.32. The summed E-state index contributed by atoms with van der Waals surface area (Å²) >= 11 is 0. The highest BCUT2D eigenvalue weighted by atomic mass is 16.5. The van der Waals surface area contributed by atoms with Crippen LogP contribution in [0.5, 0.6) is 0 Å². The van der Waals surface area contributed by atoms with Gasteiger partial charge in [0.2, 0.25) is 11.8 Å². The van der Waals surface area contributed by atoms with Crippen molar-refractivity contribution in [2.24, 2.45) is 11.7 Å². The Kier molecular flexibility index (Phi) is 5.14. The number of hydrogen-bond acceptors (Lipinski definition) is 3. The van der Waals surface area contributed by atoms with E-state index in [-0.39, 0.29) is 24.3 Å². The summed E-state index contributed by atoms with van der Waals surface area (Å²) in [6.07, 6.45) is 2.76. The molecule has 0 aromatic carbocycles. The molecular weight excluding hydrogens is 232 g/mol. The number of carbonyl (C=O) groups excluding carboxylic acids is 2. The van der Waals surface area contributed by atoms with Crippen LogP contribution in [0.3, 0.4) is 0 Å². The van der Waals surface area contributed by atoms with E-state index >= 15 is 0 Å². The molecule has 3 N–H and O–H groups in total. The summed E-state index contributed by atoms with van der Waals surface area (Å²) in [4.78, 5) is 23.1. The molecule has 18 heavy (non-hydrogen) atoms. The van der Waals surface area contributed by atoms with Crippen LogP contribution in [-0.2, 0) is 14.3 Å². The third-order valence-electron chi connectivity index (χ3n) is 3.27. The van der Waals surface area contributed by atoms with Crippen molar-refractivity contribution >= 4 is 11.8 Å². The number of carbonyl (C=O) groups is 2. The number of primary amides is 1. The van der Waals surface area contributed by atoms with Crippen molar-refractivity contribution in [1.82, 2.24) is 5.32 Å². The molecule has 0 aromatic heterocycles. The molecule has 0 aliphatic carbocycles. The van der Waals surface area contributed by atoms with Gasteiger partial charge in [-0.1, -0.05) is 6.92 Å². The second kappa shape index (κ2) is 6.18. The molecule has 5 heteroatoms. The zero-order valence-corrected chi connectivity index (χ0v) is 11.5. The van der Waals surface area contributed by atoms with Crippen LogP contribution >= 0.6 is 0 Å². The SMILES string of the molecule is CC[C@H]1C[C@@H](C(=O)NC(C)(C)CC(N)=O)CCO1. The van der Waals surface area contributed by atoms with Gasteiger partial charge >= 0.3 is 0 Å². The van der Waals surface area contributed by atoms with Crippen LogP contribution in [-0.4, -0.2) is 30.1 Å². The van der Waals surface area contributed by atoms with Crippen molar-refractivity contribution in [3.8, 4) is 0 Å². The van der Waals surface area contributed by atoms with E-state index in [2.05, 4.69) is 12.2 Å². The highest BCUT2D eigenvalue weighted by molar-refractivity contribution is 5.81. The Morgan fingerprint density at radius 2 is 2.11 bits per heavy atom. The smallest absolute Gasteiger partial charge is 0.223 e. The third-order valence-corrected chi connectivity index (χ3v) is 3.27. The van der Waals surface area contributed by atoms with Crippen molar-refractivity contribution in [3.05, 3.63) is 0 Å². The number of amides is 2. The van der Waals surface area contributed by atoms with E-state index in [9.17, 15) is 9.59 Å². The first-order chi connectivity index (χ1) is 8.34. The molecule has 2 atom stereocenters. The van der Waals surface area contributed by atoms with Crippen LogP contribution in [0.1, 0.15) is 46.5 Å². The maximum atomic E-state index is 12.1. The van der Waals surface area contributed by atoms with Crippen molar-refractivity contribution in [2.45, 2.75) is 58.1 Å². The highest BCUT2D eigenvalue weighted by Crippen LogP contribution is 2.23. The van der Waals surface area contributed by atoms with Gasteiger partial charge in [0.25, 0.3) is 0 Å². The Balaban J connectivity index is 2.51. The first-order valence-electron chi connectivity index (χ1n) is 6.56. The van der Waals surface area contributed by atoms with Gasteiger partial charge in [-0.25, -0.2) is 0 Å². The molecule has 1 saturated heterocycles. The Labute approximate surface area is 108 Å². The zero-order chi connectivity index (χ0) is 13.8. The minimum atomic E-state index is -0.580. The van der Waals surface area contributed by atoms with Gasteiger partial charge in [-0.05, 0) is 33.1 Å². The Hall–Kier alpha value is -1.10. The molecule has 0 bridgehead atoms. The average molecular weight is 256 g/mol. The molecule has 1 heterocycles. The maximum absolute atomic E-state index is 12.1. The lowest BCUT2D eigenvalue weighted by Gasteiger charge is -2.32. The Bertz CT molecular complexity index is 315. The van der Waals surface area contributed by atoms with Crippen molar-refractivity contribution in [2.75, 3.05) is 6.61 Å². The van der Waals surface area contributed by atoms with Crippen LogP contribution in [0.2, 0.25) is 0 Å². The minimum Gasteiger partial charge on any atom is -0.378 e. The van der Waals surface area contributed by atoms with E-state index in [0.29, 0.717) is 6.61 Å². The average Bonchev–Trinajstić information content (AvgIpc) is 2.26. The molecule has 1 aliphatic rings. The molecule has 1 aliphatic heterocycles. The first-order valence-corrected chi connectivity index (χ1v) is 6.56. The Morgan fingerprint density at radius 1 is 1.44 bits per heavy atom. The lowest BCUT2D eigenvalue weighted by atomic mass is 9.91. The van der Waals surface area contributed by atoms with Crippen LogP contribution in [0.25, 0.3) is 0 Å². The molecule has 1 rings (SSSR count). The van der Waals surface area contributed by atoms with E-state index in [1.165, 1.54) is 0 Å². The number of nitrogens with two attached hydrogens (primary N) is 1. The second-order valence-electron chi connectivity index (χ2n) is 5.64. The van der Waals surface area contributed by atoms with Gasteiger partial charge < -0.3 is 15.8 Å². The molecule has 0 unspecified atom stereocenters. The second-order valence-corrected chi connectivity index (χ2v) is 5.64. The van der Waals surface area contributed by atoms with Crippen LogP contribution in [0, 0.1) is 5.92 Å². The summed E-state index contributed by atoms with van der Waals surface area (Å²) in [5, 5.41) is 2.91. The molecular formula is C13H24N2O3. The number of hydrogen-bond donors (Lipinski definition) is 2. The third kappa shape index (κ3) is 4.64. The van der Waals surface area contributed by atoms with E-state index in [4.69, 9.17) is 10.5 Å². The van der Waals surface area contributed by atoms with Crippen LogP contribution in [0.15, 0.2) is 0 Å². The van der Waals surface area contributed by atoms with Gasteiger partial charge in [0.1, 0.15) is 0 Å². The highest BCUT2D eigenvalue weighted by Gasteiger charge is 2.31. The summed E-state index contributed by atoms with van der Waals surface area (Å²) in [5.74, 6) is -0.419. The van der Waals surface area contributed by atoms with Crippen molar-refractivity contribution in [1.29, 1.82) is 0 Å². The monoisotopic (exact) mass is 256 g/mol. The normalized spacial score (nSPS) is 24.6.